The highest BCUT2D eigenvalue weighted by atomic mass is 14.5. The predicted molar refractivity (Wildman–Crippen MR) is 88.2 cm³/mol. The van der Waals surface area contributed by atoms with Crippen LogP contribution in [-0.4, -0.2) is 0 Å². The Bertz CT molecular complexity index is 633. The SMILES string of the molecule is NCc1ccc(C(c2ccccc2)c2ccccc2)cc1. The molecule has 0 unspecified atom stereocenters. The molecule has 0 spiro atoms. The van der Waals surface area contributed by atoms with Crippen LogP contribution in [-0.2, 0) is 6.54 Å². The molecule has 3 aromatic rings. The Morgan fingerprint density at radius 1 is 0.571 bits per heavy atom. The van der Waals surface area contributed by atoms with Gasteiger partial charge in [-0.25, -0.2) is 0 Å². The third-order valence-corrected chi connectivity index (χ3v) is 3.81. The first-order valence-electron chi connectivity index (χ1n) is 7.27. The Morgan fingerprint density at radius 3 is 1.43 bits per heavy atom. The summed E-state index contributed by atoms with van der Waals surface area (Å²) in [7, 11) is 0. The fourth-order valence-electron chi connectivity index (χ4n) is 2.71. The van der Waals surface area contributed by atoms with Gasteiger partial charge in [-0.15, -0.1) is 0 Å². The molecule has 0 aliphatic rings. The Labute approximate surface area is 126 Å². The molecule has 0 bridgehead atoms. The van der Waals surface area contributed by atoms with Gasteiger partial charge in [0.25, 0.3) is 0 Å². The molecule has 1 heteroatoms. The summed E-state index contributed by atoms with van der Waals surface area (Å²) in [5.74, 6) is 0.263. The van der Waals surface area contributed by atoms with Gasteiger partial charge in [-0.3, -0.25) is 0 Å². The van der Waals surface area contributed by atoms with Gasteiger partial charge < -0.3 is 5.73 Å². The molecule has 0 saturated heterocycles. The second kappa shape index (κ2) is 6.38. The lowest BCUT2D eigenvalue weighted by Crippen LogP contribution is -2.04. The van der Waals surface area contributed by atoms with Gasteiger partial charge in [0.05, 0.1) is 0 Å². The molecule has 0 amide bonds. The van der Waals surface area contributed by atoms with E-state index in [-0.39, 0.29) is 5.92 Å². The Hall–Kier alpha value is -2.38. The number of nitrogens with two attached hydrogens (primary N) is 1. The lowest BCUT2D eigenvalue weighted by atomic mass is 9.85. The summed E-state index contributed by atoms with van der Waals surface area (Å²) >= 11 is 0. The van der Waals surface area contributed by atoms with E-state index in [4.69, 9.17) is 5.73 Å². The van der Waals surface area contributed by atoms with E-state index in [0.29, 0.717) is 6.54 Å². The first kappa shape index (κ1) is 13.6. The number of rotatable bonds is 4. The van der Waals surface area contributed by atoms with Crippen LogP contribution in [0.1, 0.15) is 28.2 Å². The average Bonchev–Trinajstić information content (AvgIpc) is 2.58. The molecule has 0 fully saturated rings. The van der Waals surface area contributed by atoms with Crippen LogP contribution in [0.25, 0.3) is 0 Å². The monoisotopic (exact) mass is 273 g/mol. The molecule has 21 heavy (non-hydrogen) atoms. The van der Waals surface area contributed by atoms with Crippen molar-refractivity contribution in [2.75, 3.05) is 0 Å². The standard InChI is InChI=1S/C20H19N/c21-15-16-11-13-19(14-12-16)20(17-7-3-1-4-8-17)18-9-5-2-6-10-18/h1-14,20H,15,21H2. The van der Waals surface area contributed by atoms with E-state index in [1.54, 1.807) is 0 Å². The first-order valence-corrected chi connectivity index (χ1v) is 7.27. The summed E-state index contributed by atoms with van der Waals surface area (Å²) in [6.45, 7) is 0.585. The average molecular weight is 273 g/mol. The molecule has 0 heterocycles. The van der Waals surface area contributed by atoms with Crippen LogP contribution in [0.15, 0.2) is 84.9 Å². The van der Waals surface area contributed by atoms with Gasteiger partial charge in [-0.1, -0.05) is 84.9 Å². The molecule has 1 nitrogen and oxygen atoms in total. The van der Waals surface area contributed by atoms with Crippen molar-refractivity contribution in [2.45, 2.75) is 12.5 Å². The predicted octanol–water partition coefficient (Wildman–Crippen LogP) is 4.33. The second-order valence-electron chi connectivity index (χ2n) is 5.20. The Kier molecular flexibility index (Phi) is 4.13. The maximum atomic E-state index is 5.70. The minimum atomic E-state index is 0.263. The van der Waals surface area contributed by atoms with Crippen molar-refractivity contribution in [1.29, 1.82) is 0 Å². The third-order valence-electron chi connectivity index (χ3n) is 3.81. The summed E-state index contributed by atoms with van der Waals surface area (Å²) in [6.07, 6.45) is 0. The highest BCUT2D eigenvalue weighted by molar-refractivity contribution is 5.43. The van der Waals surface area contributed by atoms with Crippen molar-refractivity contribution in [2.24, 2.45) is 5.73 Å². The van der Waals surface area contributed by atoms with Gasteiger partial charge in [-0.05, 0) is 22.3 Å². The van der Waals surface area contributed by atoms with Crippen LogP contribution in [0.2, 0.25) is 0 Å². The summed E-state index contributed by atoms with van der Waals surface area (Å²) in [5, 5.41) is 0. The van der Waals surface area contributed by atoms with Crippen molar-refractivity contribution in [1.82, 2.24) is 0 Å². The highest BCUT2D eigenvalue weighted by Gasteiger charge is 2.15. The molecular formula is C20H19N. The maximum Gasteiger partial charge on any atom is 0.0339 e. The van der Waals surface area contributed by atoms with Gasteiger partial charge >= 0.3 is 0 Å². The minimum absolute atomic E-state index is 0.263. The molecule has 0 aliphatic carbocycles. The van der Waals surface area contributed by atoms with Crippen LogP contribution in [0.3, 0.4) is 0 Å². The van der Waals surface area contributed by atoms with Gasteiger partial charge in [0.15, 0.2) is 0 Å². The normalized spacial score (nSPS) is 10.8. The molecule has 0 radical (unpaired) electrons. The first-order chi connectivity index (χ1) is 10.4. The topological polar surface area (TPSA) is 26.0 Å². The van der Waals surface area contributed by atoms with Gasteiger partial charge in [0, 0.05) is 12.5 Å². The van der Waals surface area contributed by atoms with Crippen molar-refractivity contribution in [3.63, 3.8) is 0 Å². The Balaban J connectivity index is 2.07. The summed E-state index contributed by atoms with van der Waals surface area (Å²) in [4.78, 5) is 0. The minimum Gasteiger partial charge on any atom is -0.326 e. The quantitative estimate of drug-likeness (QED) is 0.704. The van der Waals surface area contributed by atoms with Crippen LogP contribution in [0.4, 0.5) is 0 Å². The zero-order valence-corrected chi connectivity index (χ0v) is 11.9. The fraction of sp³-hybridized carbons (Fsp3) is 0.100. The molecule has 0 saturated carbocycles. The molecule has 3 rings (SSSR count). The third kappa shape index (κ3) is 3.04. The Morgan fingerprint density at radius 2 is 1.00 bits per heavy atom. The van der Waals surface area contributed by atoms with E-state index in [0.717, 1.165) is 0 Å². The summed E-state index contributed by atoms with van der Waals surface area (Å²) < 4.78 is 0. The lowest BCUT2D eigenvalue weighted by Gasteiger charge is -2.19. The van der Waals surface area contributed by atoms with E-state index in [2.05, 4.69) is 84.9 Å². The van der Waals surface area contributed by atoms with Crippen molar-refractivity contribution < 1.29 is 0 Å². The molecule has 3 aromatic carbocycles. The molecular weight excluding hydrogens is 254 g/mol. The van der Waals surface area contributed by atoms with Crippen LogP contribution in [0, 0.1) is 0 Å². The molecule has 0 atom stereocenters. The summed E-state index contributed by atoms with van der Waals surface area (Å²) in [6, 6.07) is 29.9. The maximum absolute atomic E-state index is 5.70. The van der Waals surface area contributed by atoms with Crippen LogP contribution < -0.4 is 5.73 Å². The zero-order chi connectivity index (χ0) is 14.5. The largest absolute Gasteiger partial charge is 0.326 e. The molecule has 104 valence electrons. The van der Waals surface area contributed by atoms with Crippen LogP contribution in [0.5, 0.6) is 0 Å². The number of hydrogen-bond donors (Lipinski definition) is 1. The number of hydrogen-bond acceptors (Lipinski definition) is 1. The van der Waals surface area contributed by atoms with Gasteiger partial charge in [-0.2, -0.15) is 0 Å². The van der Waals surface area contributed by atoms with Gasteiger partial charge in [0.2, 0.25) is 0 Å². The van der Waals surface area contributed by atoms with Gasteiger partial charge in [0.1, 0.15) is 0 Å². The van der Waals surface area contributed by atoms with Crippen molar-refractivity contribution in [3.8, 4) is 0 Å². The van der Waals surface area contributed by atoms with Crippen molar-refractivity contribution in [3.05, 3.63) is 107 Å². The zero-order valence-electron chi connectivity index (χ0n) is 11.9. The van der Waals surface area contributed by atoms with E-state index in [1.165, 1.54) is 22.3 Å². The summed E-state index contributed by atoms with van der Waals surface area (Å²) in [5.41, 5.74) is 10.8. The molecule has 2 N–H and O–H groups in total. The van der Waals surface area contributed by atoms with Crippen molar-refractivity contribution >= 4 is 0 Å². The van der Waals surface area contributed by atoms with E-state index < -0.39 is 0 Å². The molecule has 0 aromatic heterocycles. The lowest BCUT2D eigenvalue weighted by molar-refractivity contribution is 0.970. The highest BCUT2D eigenvalue weighted by Crippen LogP contribution is 2.31. The van der Waals surface area contributed by atoms with Crippen LogP contribution >= 0.6 is 0 Å². The van der Waals surface area contributed by atoms with E-state index >= 15 is 0 Å². The fourth-order valence-corrected chi connectivity index (χ4v) is 2.71. The van der Waals surface area contributed by atoms with E-state index in [9.17, 15) is 0 Å². The second-order valence-corrected chi connectivity index (χ2v) is 5.20. The van der Waals surface area contributed by atoms with E-state index in [1.807, 2.05) is 0 Å². The smallest absolute Gasteiger partial charge is 0.0339 e. The number of benzene rings is 3. The molecule has 0 aliphatic heterocycles.